The molecule has 172 valence electrons. The molecule has 2 N–H and O–H groups in total. The van der Waals surface area contributed by atoms with E-state index in [1.54, 1.807) is 13.1 Å². The van der Waals surface area contributed by atoms with Gasteiger partial charge in [-0.15, -0.1) is 0 Å². The molecule has 0 saturated carbocycles. The summed E-state index contributed by atoms with van der Waals surface area (Å²) in [7, 11) is 0. The van der Waals surface area contributed by atoms with E-state index in [1.165, 1.54) is 6.07 Å². The molecule has 1 atom stereocenters. The zero-order valence-electron chi connectivity index (χ0n) is 18.5. The van der Waals surface area contributed by atoms with E-state index < -0.39 is 11.9 Å². The molecule has 1 aromatic heterocycles. The molecule has 0 spiro atoms. The maximum absolute atomic E-state index is 15.5. The minimum Gasteiger partial charge on any atom is -0.465 e. The molecule has 0 aliphatic carbocycles. The Morgan fingerprint density at radius 2 is 1.97 bits per heavy atom. The van der Waals surface area contributed by atoms with Crippen LogP contribution in [0.15, 0.2) is 48.8 Å². The van der Waals surface area contributed by atoms with Gasteiger partial charge in [-0.2, -0.15) is 5.10 Å². The highest BCUT2D eigenvalue weighted by Crippen LogP contribution is 2.46. The average molecular weight is 451 g/mol. The van der Waals surface area contributed by atoms with Crippen molar-refractivity contribution in [2.24, 2.45) is 0 Å². The van der Waals surface area contributed by atoms with Gasteiger partial charge in [0, 0.05) is 28.9 Å². The summed E-state index contributed by atoms with van der Waals surface area (Å²) in [6, 6.07) is 10.7. The van der Waals surface area contributed by atoms with Gasteiger partial charge in [0.1, 0.15) is 17.3 Å². The zero-order valence-corrected chi connectivity index (χ0v) is 18.5. The van der Waals surface area contributed by atoms with Crippen molar-refractivity contribution in [2.45, 2.75) is 44.7 Å². The van der Waals surface area contributed by atoms with Gasteiger partial charge in [0.05, 0.1) is 17.9 Å². The van der Waals surface area contributed by atoms with Crippen LogP contribution in [0.4, 0.5) is 14.9 Å². The third kappa shape index (κ3) is 4.06. The number of halogens is 1. The van der Waals surface area contributed by atoms with Crippen molar-refractivity contribution in [1.82, 2.24) is 15.1 Å². The molecular formula is C25H27FN4O3. The van der Waals surface area contributed by atoms with Gasteiger partial charge in [-0.25, -0.2) is 9.18 Å². The number of hydrogen-bond acceptors (Lipinski definition) is 4. The lowest BCUT2D eigenvalue weighted by molar-refractivity contribution is 0.198. The largest absolute Gasteiger partial charge is 0.465 e. The molecule has 0 radical (unpaired) electrons. The van der Waals surface area contributed by atoms with Crippen LogP contribution in [0.1, 0.15) is 37.8 Å². The Hall–Kier alpha value is -3.39. The number of aromatic nitrogens is 2. The van der Waals surface area contributed by atoms with E-state index in [2.05, 4.69) is 10.4 Å². The first-order valence-electron chi connectivity index (χ1n) is 11.4. The summed E-state index contributed by atoms with van der Waals surface area (Å²) in [4.78, 5) is 13.1. The summed E-state index contributed by atoms with van der Waals surface area (Å²) in [6.07, 6.45) is 5.59. The SMILES string of the molecule is C[C@H]1CCc2c(Oc3ccccc3)c(-c3cnn(C4CCNCC4)c3)cc(F)c2N1C(=O)O. The predicted octanol–water partition coefficient (Wildman–Crippen LogP) is 5.23. The lowest BCUT2D eigenvalue weighted by atomic mass is 9.92. The van der Waals surface area contributed by atoms with E-state index in [4.69, 9.17) is 4.74 Å². The van der Waals surface area contributed by atoms with Crippen molar-refractivity contribution in [1.29, 1.82) is 0 Å². The van der Waals surface area contributed by atoms with Crippen LogP contribution in [0.25, 0.3) is 11.1 Å². The quantitative estimate of drug-likeness (QED) is 0.569. The van der Waals surface area contributed by atoms with Crippen molar-refractivity contribution < 1.29 is 19.0 Å². The third-order valence-corrected chi connectivity index (χ3v) is 6.56. The molecule has 0 bridgehead atoms. The normalized spacial score (nSPS) is 18.7. The number of hydrogen-bond donors (Lipinski definition) is 2. The Labute approximate surface area is 191 Å². The number of fused-ring (bicyclic) bond motifs is 1. The number of anilines is 1. The van der Waals surface area contributed by atoms with Crippen LogP contribution in [-0.2, 0) is 6.42 Å². The second-order valence-corrected chi connectivity index (χ2v) is 8.71. The van der Waals surface area contributed by atoms with Crippen molar-refractivity contribution >= 4 is 11.8 Å². The number of ether oxygens (including phenoxy) is 1. The van der Waals surface area contributed by atoms with Crippen LogP contribution in [0.2, 0.25) is 0 Å². The first-order chi connectivity index (χ1) is 16.0. The van der Waals surface area contributed by atoms with Crippen LogP contribution in [0.5, 0.6) is 11.5 Å². The number of benzene rings is 2. The molecule has 0 unspecified atom stereocenters. The molecule has 3 heterocycles. The zero-order chi connectivity index (χ0) is 22.9. The van der Waals surface area contributed by atoms with E-state index in [0.29, 0.717) is 41.5 Å². The fourth-order valence-electron chi connectivity index (χ4n) is 4.84. The molecule has 7 nitrogen and oxygen atoms in total. The standard InChI is InChI=1S/C25H27FN4O3/c1-16-7-8-20-23(30(16)25(31)32)22(26)13-21(24(20)33-19-5-3-2-4-6-19)17-14-28-29(15-17)18-9-11-27-12-10-18/h2-6,13-16,18,27H,7-12H2,1H3,(H,31,32)/t16-/m0/s1. The number of nitrogens with zero attached hydrogens (tertiary/aromatic N) is 3. The number of nitrogens with one attached hydrogen (secondary N) is 1. The van der Waals surface area contributed by atoms with Gasteiger partial charge < -0.3 is 15.2 Å². The highest BCUT2D eigenvalue weighted by molar-refractivity contribution is 5.91. The minimum absolute atomic E-state index is 0.0849. The minimum atomic E-state index is -1.17. The second-order valence-electron chi connectivity index (χ2n) is 8.71. The summed E-state index contributed by atoms with van der Waals surface area (Å²) in [5, 5.41) is 17.7. The van der Waals surface area contributed by atoms with Crippen LogP contribution in [0, 0.1) is 5.82 Å². The fourth-order valence-corrected chi connectivity index (χ4v) is 4.84. The Kier molecular flexibility index (Phi) is 5.76. The van der Waals surface area contributed by atoms with E-state index in [1.807, 2.05) is 41.2 Å². The third-order valence-electron chi connectivity index (χ3n) is 6.56. The molecule has 2 aliphatic heterocycles. The summed E-state index contributed by atoms with van der Waals surface area (Å²) < 4.78 is 23.7. The Bertz CT molecular complexity index is 1160. The first kappa shape index (κ1) is 21.5. The van der Waals surface area contributed by atoms with Gasteiger partial charge in [0.25, 0.3) is 0 Å². The highest BCUT2D eigenvalue weighted by atomic mass is 19.1. The molecule has 1 saturated heterocycles. The van der Waals surface area contributed by atoms with Gasteiger partial charge >= 0.3 is 6.09 Å². The molecule has 1 amide bonds. The molecule has 5 rings (SSSR count). The summed E-state index contributed by atoms with van der Waals surface area (Å²) in [6.45, 7) is 3.68. The van der Waals surface area contributed by atoms with E-state index >= 15 is 4.39 Å². The number of carboxylic acid groups (broad SMARTS) is 1. The summed E-state index contributed by atoms with van der Waals surface area (Å²) in [5.74, 6) is 0.531. The van der Waals surface area contributed by atoms with E-state index in [9.17, 15) is 9.90 Å². The summed E-state index contributed by atoms with van der Waals surface area (Å²) in [5.41, 5.74) is 1.99. The van der Waals surface area contributed by atoms with Gasteiger partial charge in [-0.1, -0.05) is 18.2 Å². The number of amides is 1. The number of para-hydroxylation sites is 1. The molecule has 2 aromatic carbocycles. The van der Waals surface area contributed by atoms with Gasteiger partial charge in [0.15, 0.2) is 0 Å². The molecule has 33 heavy (non-hydrogen) atoms. The maximum Gasteiger partial charge on any atom is 0.412 e. The number of piperidine rings is 1. The second kappa shape index (κ2) is 8.86. The lowest BCUT2D eigenvalue weighted by Crippen LogP contribution is -2.42. The van der Waals surface area contributed by atoms with E-state index in [0.717, 1.165) is 36.4 Å². The average Bonchev–Trinajstić information content (AvgIpc) is 3.32. The van der Waals surface area contributed by atoms with Crippen molar-refractivity contribution in [3.8, 4) is 22.6 Å². The Morgan fingerprint density at radius 3 is 2.70 bits per heavy atom. The highest BCUT2D eigenvalue weighted by Gasteiger charge is 2.35. The maximum atomic E-state index is 15.5. The van der Waals surface area contributed by atoms with Gasteiger partial charge in [0.2, 0.25) is 0 Å². The van der Waals surface area contributed by atoms with Crippen LogP contribution in [0.3, 0.4) is 0 Å². The van der Waals surface area contributed by atoms with Gasteiger partial charge in [-0.05, 0) is 63.9 Å². The molecular weight excluding hydrogens is 423 g/mol. The smallest absolute Gasteiger partial charge is 0.412 e. The van der Waals surface area contributed by atoms with Crippen molar-refractivity contribution in [2.75, 3.05) is 18.0 Å². The van der Waals surface area contributed by atoms with Gasteiger partial charge in [-0.3, -0.25) is 9.58 Å². The Morgan fingerprint density at radius 1 is 1.21 bits per heavy atom. The Balaban J connectivity index is 1.64. The van der Waals surface area contributed by atoms with Crippen LogP contribution < -0.4 is 15.0 Å². The van der Waals surface area contributed by atoms with Crippen LogP contribution in [-0.4, -0.2) is 40.1 Å². The van der Waals surface area contributed by atoms with Crippen molar-refractivity contribution in [3.05, 3.63) is 60.2 Å². The van der Waals surface area contributed by atoms with Crippen molar-refractivity contribution in [3.63, 3.8) is 0 Å². The number of carbonyl (C=O) groups is 1. The molecule has 8 heteroatoms. The first-order valence-corrected chi connectivity index (χ1v) is 11.4. The van der Waals surface area contributed by atoms with Crippen LogP contribution >= 0.6 is 0 Å². The molecule has 2 aliphatic rings. The lowest BCUT2D eigenvalue weighted by Gasteiger charge is -2.34. The van der Waals surface area contributed by atoms with E-state index in [-0.39, 0.29) is 11.7 Å². The monoisotopic (exact) mass is 450 g/mol. The number of rotatable bonds is 4. The fraction of sp³-hybridized carbons (Fsp3) is 0.360. The predicted molar refractivity (Wildman–Crippen MR) is 124 cm³/mol. The molecule has 1 fully saturated rings. The molecule has 3 aromatic rings. The summed E-state index contributed by atoms with van der Waals surface area (Å²) >= 11 is 0. The topological polar surface area (TPSA) is 79.6 Å².